The Kier molecular flexibility index (Phi) is 3.43. The van der Waals surface area contributed by atoms with Gasteiger partial charge in [-0.1, -0.05) is 0 Å². The van der Waals surface area contributed by atoms with Crippen molar-refractivity contribution < 1.29 is 18.0 Å². The van der Waals surface area contributed by atoms with E-state index in [0.29, 0.717) is 6.54 Å². The van der Waals surface area contributed by atoms with Gasteiger partial charge in [-0.2, -0.15) is 8.78 Å². The molecule has 3 rings (SSSR count). The van der Waals surface area contributed by atoms with Crippen LogP contribution in [0, 0.1) is 5.82 Å². The minimum atomic E-state index is -3.64. The monoisotopic (exact) mass is 298 g/mol. The number of carbonyl (C=O) groups is 1. The molecule has 1 aliphatic heterocycles. The van der Waals surface area contributed by atoms with Crippen LogP contribution in [0.25, 0.3) is 0 Å². The molecule has 1 aromatic carbocycles. The summed E-state index contributed by atoms with van der Waals surface area (Å²) >= 11 is 0. The molecule has 1 aromatic rings. The molecule has 1 saturated carbocycles. The summed E-state index contributed by atoms with van der Waals surface area (Å²) in [6.07, 6.45) is 2.58. The largest absolute Gasteiger partial charge is 0.349 e. The smallest absolute Gasteiger partial charge is 0.344 e. The highest BCUT2D eigenvalue weighted by Crippen LogP contribution is 2.39. The van der Waals surface area contributed by atoms with Crippen LogP contribution in [-0.2, 0) is 10.7 Å². The average molecular weight is 298 g/mol. The molecule has 114 valence electrons. The molecule has 0 unspecified atom stereocenters. The van der Waals surface area contributed by atoms with Gasteiger partial charge >= 0.3 is 5.92 Å². The number of likely N-dealkylation sites (tertiary alicyclic amines) is 1. The highest BCUT2D eigenvalue weighted by molar-refractivity contribution is 5.85. The standard InChI is InChI=1S/C15H17F3N2O/c16-12-4-2-11(3-5-12)15(17,18)13(21)19-14(6-7-14)10-20-8-1-9-20/h2-5H,1,6-10H2,(H,19,21). The second kappa shape index (κ2) is 5.02. The number of alkyl halides is 2. The van der Waals surface area contributed by atoms with Gasteiger partial charge in [-0.15, -0.1) is 0 Å². The lowest BCUT2D eigenvalue weighted by atomic mass is 10.1. The van der Waals surface area contributed by atoms with Gasteiger partial charge in [0.15, 0.2) is 0 Å². The number of rotatable bonds is 5. The third-order valence-corrected chi connectivity index (χ3v) is 4.20. The summed E-state index contributed by atoms with van der Waals surface area (Å²) in [5.74, 6) is -5.54. The number of hydrogen-bond acceptors (Lipinski definition) is 2. The van der Waals surface area contributed by atoms with Gasteiger partial charge in [0.2, 0.25) is 0 Å². The summed E-state index contributed by atoms with van der Waals surface area (Å²) in [6, 6.07) is 3.76. The zero-order chi connectivity index (χ0) is 15.1. The molecule has 0 atom stereocenters. The van der Waals surface area contributed by atoms with Gasteiger partial charge in [0.1, 0.15) is 5.82 Å². The molecule has 0 spiro atoms. The van der Waals surface area contributed by atoms with Crippen molar-refractivity contribution in [3.05, 3.63) is 35.6 Å². The maximum absolute atomic E-state index is 14.1. The fraction of sp³-hybridized carbons (Fsp3) is 0.533. The van der Waals surface area contributed by atoms with E-state index in [1.165, 1.54) is 0 Å². The van der Waals surface area contributed by atoms with Gasteiger partial charge in [-0.25, -0.2) is 4.39 Å². The molecule has 0 radical (unpaired) electrons. The topological polar surface area (TPSA) is 32.3 Å². The number of benzene rings is 1. The summed E-state index contributed by atoms with van der Waals surface area (Å²) in [5.41, 5.74) is -0.984. The van der Waals surface area contributed by atoms with Crippen LogP contribution in [0.15, 0.2) is 24.3 Å². The first-order chi connectivity index (χ1) is 9.91. The predicted molar refractivity (Wildman–Crippen MR) is 71.5 cm³/mol. The number of nitrogens with one attached hydrogen (secondary N) is 1. The summed E-state index contributed by atoms with van der Waals surface area (Å²) in [5, 5.41) is 2.50. The van der Waals surface area contributed by atoms with E-state index < -0.39 is 28.7 Å². The third-order valence-electron chi connectivity index (χ3n) is 4.20. The molecule has 3 nitrogen and oxygen atoms in total. The van der Waals surface area contributed by atoms with Gasteiger partial charge in [-0.05, 0) is 56.6 Å². The molecule has 1 N–H and O–H groups in total. The summed E-state index contributed by atoms with van der Waals surface area (Å²) in [6.45, 7) is 2.57. The molecular weight excluding hydrogens is 281 g/mol. The first kappa shape index (κ1) is 14.4. The Morgan fingerprint density at radius 3 is 2.33 bits per heavy atom. The second-order valence-electron chi connectivity index (χ2n) is 5.95. The van der Waals surface area contributed by atoms with Gasteiger partial charge in [0.25, 0.3) is 5.91 Å². The van der Waals surface area contributed by atoms with Crippen LogP contribution >= 0.6 is 0 Å². The average Bonchev–Trinajstić information content (AvgIpc) is 3.15. The fourth-order valence-corrected chi connectivity index (χ4v) is 2.55. The highest BCUT2D eigenvalue weighted by Gasteiger charge is 2.51. The van der Waals surface area contributed by atoms with Crippen LogP contribution in [0.2, 0.25) is 0 Å². The molecule has 1 amide bonds. The number of nitrogens with zero attached hydrogens (tertiary/aromatic N) is 1. The number of amides is 1. The quantitative estimate of drug-likeness (QED) is 0.904. The van der Waals surface area contributed by atoms with E-state index in [1.807, 2.05) is 0 Å². The highest BCUT2D eigenvalue weighted by atomic mass is 19.3. The molecule has 0 bridgehead atoms. The first-order valence-corrected chi connectivity index (χ1v) is 7.10. The van der Waals surface area contributed by atoms with Crippen LogP contribution < -0.4 is 5.32 Å². The minimum Gasteiger partial charge on any atom is -0.344 e. The van der Waals surface area contributed by atoms with Crippen molar-refractivity contribution in [1.82, 2.24) is 10.2 Å². The van der Waals surface area contributed by atoms with E-state index in [2.05, 4.69) is 10.2 Å². The fourth-order valence-electron chi connectivity index (χ4n) is 2.55. The van der Waals surface area contributed by atoms with E-state index >= 15 is 0 Å². The van der Waals surface area contributed by atoms with E-state index in [9.17, 15) is 18.0 Å². The Morgan fingerprint density at radius 1 is 1.24 bits per heavy atom. The van der Waals surface area contributed by atoms with Crippen LogP contribution in [0.1, 0.15) is 24.8 Å². The van der Waals surface area contributed by atoms with Crippen molar-refractivity contribution in [3.8, 4) is 0 Å². The van der Waals surface area contributed by atoms with Crippen LogP contribution in [0.4, 0.5) is 13.2 Å². The van der Waals surface area contributed by atoms with Gasteiger partial charge in [0, 0.05) is 12.1 Å². The SMILES string of the molecule is O=C(NC1(CN2CCC2)CC1)C(F)(F)c1ccc(F)cc1. The van der Waals surface area contributed by atoms with E-state index in [0.717, 1.165) is 56.6 Å². The van der Waals surface area contributed by atoms with Crippen LogP contribution in [-0.4, -0.2) is 36.0 Å². The maximum Gasteiger partial charge on any atom is 0.349 e. The van der Waals surface area contributed by atoms with E-state index in [1.54, 1.807) is 0 Å². The molecule has 2 aliphatic rings. The zero-order valence-electron chi connectivity index (χ0n) is 11.5. The lowest BCUT2D eigenvalue weighted by Crippen LogP contribution is -2.53. The van der Waals surface area contributed by atoms with Crippen molar-refractivity contribution >= 4 is 5.91 Å². The van der Waals surface area contributed by atoms with Crippen molar-refractivity contribution in [1.29, 1.82) is 0 Å². The lowest BCUT2D eigenvalue weighted by Gasteiger charge is -2.35. The van der Waals surface area contributed by atoms with Crippen molar-refractivity contribution in [2.24, 2.45) is 0 Å². The molecule has 21 heavy (non-hydrogen) atoms. The van der Waals surface area contributed by atoms with E-state index in [4.69, 9.17) is 0 Å². The third kappa shape index (κ3) is 2.90. The van der Waals surface area contributed by atoms with Crippen LogP contribution in [0.5, 0.6) is 0 Å². The normalized spacial score (nSPS) is 20.7. The molecule has 6 heteroatoms. The van der Waals surface area contributed by atoms with Crippen molar-refractivity contribution in [2.75, 3.05) is 19.6 Å². The Hall–Kier alpha value is -1.56. The summed E-state index contributed by atoms with van der Waals surface area (Å²) < 4.78 is 41.0. The second-order valence-corrected chi connectivity index (χ2v) is 5.95. The summed E-state index contributed by atoms with van der Waals surface area (Å²) in [4.78, 5) is 14.1. The van der Waals surface area contributed by atoms with Crippen LogP contribution in [0.3, 0.4) is 0 Å². The molecule has 2 fully saturated rings. The zero-order valence-corrected chi connectivity index (χ0v) is 11.5. The number of halogens is 3. The Bertz CT molecular complexity index is 536. The predicted octanol–water partition coefficient (Wildman–Crippen LogP) is 2.27. The van der Waals surface area contributed by atoms with Gasteiger partial charge in [-0.3, -0.25) is 4.79 Å². The first-order valence-electron chi connectivity index (χ1n) is 7.10. The Morgan fingerprint density at radius 2 is 1.86 bits per heavy atom. The van der Waals surface area contributed by atoms with Gasteiger partial charge < -0.3 is 10.2 Å². The molecule has 1 heterocycles. The molecule has 1 saturated heterocycles. The Labute approximate surface area is 121 Å². The molecule has 1 aliphatic carbocycles. The number of carbonyl (C=O) groups excluding carboxylic acids is 1. The van der Waals surface area contributed by atoms with Crippen molar-refractivity contribution in [2.45, 2.75) is 30.7 Å². The number of hydrogen-bond donors (Lipinski definition) is 1. The van der Waals surface area contributed by atoms with Gasteiger partial charge in [0.05, 0.1) is 5.54 Å². The minimum absolute atomic E-state index is 0.485. The summed E-state index contributed by atoms with van der Waals surface area (Å²) in [7, 11) is 0. The molecule has 0 aromatic heterocycles. The van der Waals surface area contributed by atoms with Crippen molar-refractivity contribution in [3.63, 3.8) is 0 Å². The van der Waals surface area contributed by atoms with E-state index in [-0.39, 0.29) is 0 Å². The lowest BCUT2D eigenvalue weighted by molar-refractivity contribution is -0.148. The Balaban J connectivity index is 1.67. The molecular formula is C15H17F3N2O. The maximum atomic E-state index is 14.1.